The van der Waals surface area contributed by atoms with Gasteiger partial charge in [0.15, 0.2) is 5.82 Å². The van der Waals surface area contributed by atoms with Crippen molar-refractivity contribution in [2.24, 2.45) is 0 Å². The molecule has 0 spiro atoms. The van der Waals surface area contributed by atoms with Crippen molar-refractivity contribution in [2.45, 2.75) is 6.92 Å². The standard InChI is InChI=1S/C12H11FN4O/c1-8-2-3-9(6-10(8)13)16-12(18)17-11-7-14-4-5-15-11/h2-7H,1H3,(H2,15,16,17,18). The van der Waals surface area contributed by atoms with Crippen LogP contribution < -0.4 is 10.6 Å². The van der Waals surface area contributed by atoms with E-state index in [2.05, 4.69) is 20.6 Å². The zero-order valence-electron chi connectivity index (χ0n) is 9.64. The lowest BCUT2D eigenvalue weighted by atomic mass is 10.2. The first-order chi connectivity index (χ1) is 8.65. The van der Waals surface area contributed by atoms with E-state index >= 15 is 0 Å². The van der Waals surface area contributed by atoms with Gasteiger partial charge in [-0.1, -0.05) is 6.07 Å². The SMILES string of the molecule is Cc1ccc(NC(=O)Nc2cnccn2)cc1F. The average molecular weight is 246 g/mol. The number of anilines is 2. The van der Waals surface area contributed by atoms with Crippen molar-refractivity contribution in [1.82, 2.24) is 9.97 Å². The molecule has 92 valence electrons. The van der Waals surface area contributed by atoms with Gasteiger partial charge in [-0.2, -0.15) is 0 Å². The summed E-state index contributed by atoms with van der Waals surface area (Å²) in [5, 5.41) is 4.98. The van der Waals surface area contributed by atoms with Crippen LogP contribution in [0, 0.1) is 12.7 Å². The fourth-order valence-electron chi connectivity index (χ4n) is 1.31. The minimum absolute atomic E-state index is 0.322. The van der Waals surface area contributed by atoms with E-state index in [1.54, 1.807) is 19.1 Å². The molecule has 1 aromatic heterocycles. The van der Waals surface area contributed by atoms with Gasteiger partial charge in [0.25, 0.3) is 0 Å². The van der Waals surface area contributed by atoms with E-state index in [-0.39, 0.29) is 5.82 Å². The lowest BCUT2D eigenvalue weighted by molar-refractivity contribution is 0.262. The molecule has 0 bridgehead atoms. The second kappa shape index (κ2) is 5.22. The summed E-state index contributed by atoms with van der Waals surface area (Å²) < 4.78 is 13.3. The Morgan fingerprint density at radius 1 is 1.28 bits per heavy atom. The molecule has 1 heterocycles. The number of amides is 2. The molecule has 0 aliphatic carbocycles. The number of hydrogen-bond acceptors (Lipinski definition) is 3. The summed E-state index contributed by atoms with van der Waals surface area (Å²) in [7, 11) is 0. The van der Waals surface area contributed by atoms with Crippen LogP contribution in [-0.2, 0) is 0 Å². The smallest absolute Gasteiger partial charge is 0.308 e. The highest BCUT2D eigenvalue weighted by Gasteiger charge is 2.05. The maximum atomic E-state index is 13.3. The zero-order valence-corrected chi connectivity index (χ0v) is 9.64. The van der Waals surface area contributed by atoms with Crippen molar-refractivity contribution in [1.29, 1.82) is 0 Å². The summed E-state index contributed by atoms with van der Waals surface area (Å²) in [5.41, 5.74) is 0.898. The van der Waals surface area contributed by atoms with Gasteiger partial charge in [0.05, 0.1) is 6.20 Å². The van der Waals surface area contributed by atoms with Crippen molar-refractivity contribution in [3.63, 3.8) is 0 Å². The molecule has 2 N–H and O–H groups in total. The number of hydrogen-bond donors (Lipinski definition) is 2. The maximum absolute atomic E-state index is 13.3. The number of carbonyl (C=O) groups excluding carboxylic acids is 1. The first-order valence-corrected chi connectivity index (χ1v) is 5.25. The number of nitrogens with zero attached hydrogens (tertiary/aromatic N) is 2. The Hall–Kier alpha value is -2.50. The zero-order chi connectivity index (χ0) is 13.0. The molecule has 0 aliphatic rings. The molecule has 0 atom stereocenters. The van der Waals surface area contributed by atoms with Crippen LogP contribution in [0.1, 0.15) is 5.56 Å². The van der Waals surface area contributed by atoms with Crippen LogP contribution in [0.15, 0.2) is 36.8 Å². The number of nitrogens with one attached hydrogen (secondary N) is 2. The Morgan fingerprint density at radius 2 is 2.11 bits per heavy atom. The van der Waals surface area contributed by atoms with Crippen LogP contribution in [0.4, 0.5) is 20.7 Å². The number of aryl methyl sites for hydroxylation is 1. The first kappa shape index (κ1) is 12.0. The average Bonchev–Trinajstić information content (AvgIpc) is 2.35. The minimum atomic E-state index is -0.501. The number of halogens is 1. The number of benzene rings is 1. The molecule has 6 heteroatoms. The second-order valence-corrected chi connectivity index (χ2v) is 3.63. The van der Waals surface area contributed by atoms with Crippen molar-refractivity contribution in [3.05, 3.63) is 48.2 Å². The fraction of sp³-hybridized carbons (Fsp3) is 0.0833. The quantitative estimate of drug-likeness (QED) is 0.855. The molecule has 18 heavy (non-hydrogen) atoms. The highest BCUT2D eigenvalue weighted by atomic mass is 19.1. The van der Waals surface area contributed by atoms with Crippen molar-refractivity contribution < 1.29 is 9.18 Å². The molecule has 0 aliphatic heterocycles. The van der Waals surface area contributed by atoms with E-state index in [9.17, 15) is 9.18 Å². The van der Waals surface area contributed by atoms with Crippen molar-refractivity contribution >= 4 is 17.5 Å². The summed E-state index contributed by atoms with van der Waals surface area (Å²) in [5.74, 6) is -0.0464. The van der Waals surface area contributed by atoms with Crippen LogP contribution in [0.3, 0.4) is 0 Å². The van der Waals surface area contributed by atoms with E-state index in [1.165, 1.54) is 24.7 Å². The summed E-state index contributed by atoms with van der Waals surface area (Å²) in [4.78, 5) is 19.3. The van der Waals surface area contributed by atoms with Gasteiger partial charge in [-0.3, -0.25) is 10.3 Å². The summed E-state index contributed by atoms with van der Waals surface area (Å²) in [6.45, 7) is 1.65. The van der Waals surface area contributed by atoms with E-state index in [0.29, 0.717) is 17.1 Å². The summed E-state index contributed by atoms with van der Waals surface area (Å²) in [6.07, 6.45) is 4.37. The van der Waals surface area contributed by atoms with Gasteiger partial charge in [0.1, 0.15) is 5.82 Å². The van der Waals surface area contributed by atoms with Gasteiger partial charge in [-0.05, 0) is 24.6 Å². The monoisotopic (exact) mass is 246 g/mol. The lowest BCUT2D eigenvalue weighted by Gasteiger charge is -2.07. The topological polar surface area (TPSA) is 66.9 Å². The van der Waals surface area contributed by atoms with Crippen LogP contribution in [0.2, 0.25) is 0 Å². The Morgan fingerprint density at radius 3 is 2.78 bits per heavy atom. The highest BCUT2D eigenvalue weighted by molar-refractivity contribution is 5.99. The third-order valence-electron chi connectivity index (χ3n) is 2.23. The van der Waals surface area contributed by atoms with Crippen LogP contribution in [0.25, 0.3) is 0 Å². The van der Waals surface area contributed by atoms with Gasteiger partial charge < -0.3 is 5.32 Å². The van der Waals surface area contributed by atoms with E-state index < -0.39 is 6.03 Å². The van der Waals surface area contributed by atoms with Gasteiger partial charge in [0.2, 0.25) is 0 Å². The molecular formula is C12H11FN4O. The largest absolute Gasteiger partial charge is 0.324 e. The van der Waals surface area contributed by atoms with Gasteiger partial charge in [-0.25, -0.2) is 14.2 Å². The van der Waals surface area contributed by atoms with Gasteiger partial charge in [0, 0.05) is 18.1 Å². The Balaban J connectivity index is 2.01. The predicted octanol–water partition coefficient (Wildman–Crippen LogP) is 2.57. The molecule has 0 radical (unpaired) electrons. The second-order valence-electron chi connectivity index (χ2n) is 3.63. The maximum Gasteiger partial charge on any atom is 0.324 e. The fourth-order valence-corrected chi connectivity index (χ4v) is 1.31. The van der Waals surface area contributed by atoms with E-state index in [0.717, 1.165) is 0 Å². The Labute approximate surface area is 103 Å². The first-order valence-electron chi connectivity index (χ1n) is 5.25. The number of rotatable bonds is 2. The van der Waals surface area contributed by atoms with Crippen molar-refractivity contribution in [2.75, 3.05) is 10.6 Å². The molecule has 2 amide bonds. The third kappa shape index (κ3) is 3.00. The highest BCUT2D eigenvalue weighted by Crippen LogP contribution is 2.13. The molecule has 1 aromatic carbocycles. The number of carbonyl (C=O) groups is 1. The Bertz CT molecular complexity index is 559. The molecule has 0 saturated heterocycles. The normalized spacial score (nSPS) is 9.89. The van der Waals surface area contributed by atoms with E-state index in [4.69, 9.17) is 0 Å². The molecule has 0 unspecified atom stereocenters. The number of aromatic nitrogens is 2. The number of urea groups is 1. The predicted molar refractivity (Wildman–Crippen MR) is 65.8 cm³/mol. The van der Waals surface area contributed by atoms with Gasteiger partial charge in [-0.15, -0.1) is 0 Å². The lowest BCUT2D eigenvalue weighted by Crippen LogP contribution is -2.20. The van der Waals surface area contributed by atoms with Crippen LogP contribution in [-0.4, -0.2) is 16.0 Å². The molecule has 5 nitrogen and oxygen atoms in total. The molecule has 2 aromatic rings. The van der Waals surface area contributed by atoms with Gasteiger partial charge >= 0.3 is 6.03 Å². The Kier molecular flexibility index (Phi) is 3.47. The van der Waals surface area contributed by atoms with Crippen LogP contribution in [0.5, 0.6) is 0 Å². The summed E-state index contributed by atoms with van der Waals surface area (Å²) in [6, 6.07) is 3.96. The molecular weight excluding hydrogens is 235 g/mol. The van der Waals surface area contributed by atoms with Crippen LogP contribution >= 0.6 is 0 Å². The minimum Gasteiger partial charge on any atom is -0.308 e. The third-order valence-corrected chi connectivity index (χ3v) is 2.23. The molecule has 0 fully saturated rings. The molecule has 2 rings (SSSR count). The van der Waals surface area contributed by atoms with E-state index in [1.807, 2.05) is 0 Å². The summed E-state index contributed by atoms with van der Waals surface area (Å²) >= 11 is 0. The van der Waals surface area contributed by atoms with Crippen molar-refractivity contribution in [3.8, 4) is 0 Å². The molecule has 0 saturated carbocycles.